The van der Waals surface area contributed by atoms with Gasteiger partial charge in [0.2, 0.25) is 0 Å². The topological polar surface area (TPSA) is 29.3 Å². The molecule has 0 aromatic rings. The molecule has 1 aliphatic carbocycles. The van der Waals surface area contributed by atoms with Crippen molar-refractivity contribution in [3.8, 4) is 0 Å². The number of hydrogen-bond donors (Lipinski definition) is 0. The molecule has 1 heterocycles. The van der Waals surface area contributed by atoms with Crippen LogP contribution in [0, 0.1) is 0 Å². The van der Waals surface area contributed by atoms with Gasteiger partial charge in [0.15, 0.2) is 0 Å². The number of amides is 1. The fourth-order valence-corrected chi connectivity index (χ4v) is 2.17. The summed E-state index contributed by atoms with van der Waals surface area (Å²) in [6, 6.07) is 1.05. The Kier molecular flexibility index (Phi) is 1.95. The molecule has 1 saturated heterocycles. The summed E-state index contributed by atoms with van der Waals surface area (Å²) in [5.74, 6) is 0. The molecule has 1 saturated carbocycles. The third-order valence-corrected chi connectivity index (χ3v) is 2.80. The predicted molar refractivity (Wildman–Crippen MR) is 44.9 cm³/mol. The molecule has 0 radical (unpaired) electrons. The summed E-state index contributed by atoms with van der Waals surface area (Å²) >= 11 is 0. The maximum atomic E-state index is 11.3. The van der Waals surface area contributed by atoms with Crippen LogP contribution in [0.3, 0.4) is 0 Å². The third-order valence-electron chi connectivity index (χ3n) is 2.80. The van der Waals surface area contributed by atoms with E-state index in [0.29, 0.717) is 18.7 Å². The van der Waals surface area contributed by atoms with Crippen molar-refractivity contribution < 1.29 is 9.53 Å². The van der Waals surface area contributed by atoms with E-state index in [9.17, 15) is 4.79 Å². The molecular weight excluding hydrogens is 154 g/mol. The first kappa shape index (κ1) is 7.90. The molecular formula is C9H15NO2. The van der Waals surface area contributed by atoms with Crippen LogP contribution in [-0.2, 0) is 4.74 Å². The number of rotatable bonds is 1. The molecule has 2 unspecified atom stereocenters. The Morgan fingerprint density at radius 1 is 1.42 bits per heavy atom. The second-order valence-corrected chi connectivity index (χ2v) is 3.53. The molecule has 2 atom stereocenters. The Labute approximate surface area is 72.7 Å². The van der Waals surface area contributed by atoms with E-state index in [0.717, 1.165) is 0 Å². The average molecular weight is 169 g/mol. The molecule has 0 aromatic heterocycles. The molecule has 1 aliphatic heterocycles. The van der Waals surface area contributed by atoms with Gasteiger partial charge in [-0.15, -0.1) is 0 Å². The molecule has 0 N–H and O–H groups in total. The van der Waals surface area contributed by atoms with Crippen molar-refractivity contribution >= 4 is 6.09 Å². The van der Waals surface area contributed by atoms with E-state index in [4.69, 9.17) is 4.74 Å². The minimum atomic E-state index is -0.102. The van der Waals surface area contributed by atoms with Gasteiger partial charge in [-0.25, -0.2) is 4.79 Å². The quantitative estimate of drug-likeness (QED) is 0.560. The first-order chi connectivity index (χ1) is 5.84. The van der Waals surface area contributed by atoms with Crippen LogP contribution in [0.1, 0.15) is 32.6 Å². The lowest BCUT2D eigenvalue weighted by Crippen LogP contribution is -2.15. The number of ether oxygens (including phenoxy) is 1. The van der Waals surface area contributed by atoms with E-state index >= 15 is 0 Å². The molecule has 2 aliphatic rings. The second-order valence-electron chi connectivity index (χ2n) is 3.53. The maximum absolute atomic E-state index is 11.3. The van der Waals surface area contributed by atoms with Gasteiger partial charge >= 0.3 is 6.09 Å². The molecule has 0 bridgehead atoms. The Balaban J connectivity index is 1.87. The Morgan fingerprint density at radius 2 is 2.00 bits per heavy atom. The van der Waals surface area contributed by atoms with E-state index in [1.807, 2.05) is 11.8 Å². The van der Waals surface area contributed by atoms with Crippen molar-refractivity contribution in [2.75, 3.05) is 6.61 Å². The SMILES string of the molecule is CCOC(=O)N1C2CCCCC21. The second kappa shape index (κ2) is 2.96. The van der Waals surface area contributed by atoms with Gasteiger partial charge in [0.25, 0.3) is 0 Å². The highest BCUT2D eigenvalue weighted by Crippen LogP contribution is 2.40. The van der Waals surface area contributed by atoms with Gasteiger partial charge in [-0.05, 0) is 19.8 Å². The number of nitrogens with zero attached hydrogens (tertiary/aromatic N) is 1. The van der Waals surface area contributed by atoms with Gasteiger partial charge in [-0.1, -0.05) is 12.8 Å². The van der Waals surface area contributed by atoms with Crippen LogP contribution in [0.15, 0.2) is 0 Å². The molecule has 0 aromatic carbocycles. The summed E-state index contributed by atoms with van der Waals surface area (Å²) in [6.45, 7) is 2.35. The predicted octanol–water partition coefficient (Wildman–Crippen LogP) is 1.77. The first-order valence-electron chi connectivity index (χ1n) is 4.79. The summed E-state index contributed by atoms with van der Waals surface area (Å²) in [7, 11) is 0. The lowest BCUT2D eigenvalue weighted by molar-refractivity contribution is 0.132. The van der Waals surface area contributed by atoms with Gasteiger partial charge in [0.1, 0.15) is 0 Å². The standard InChI is InChI=1S/C9H15NO2/c1-2-12-9(11)10-7-5-3-4-6-8(7)10/h7-8H,2-6H2,1H3. The molecule has 3 heteroatoms. The van der Waals surface area contributed by atoms with Gasteiger partial charge in [0, 0.05) is 0 Å². The third kappa shape index (κ3) is 1.17. The number of carbonyl (C=O) groups excluding carboxylic acids is 1. The smallest absolute Gasteiger partial charge is 0.410 e. The number of carbonyl (C=O) groups is 1. The molecule has 2 rings (SSSR count). The summed E-state index contributed by atoms with van der Waals surface area (Å²) in [5.41, 5.74) is 0. The van der Waals surface area contributed by atoms with Crippen molar-refractivity contribution in [1.82, 2.24) is 4.90 Å². The van der Waals surface area contributed by atoms with Crippen molar-refractivity contribution in [2.24, 2.45) is 0 Å². The molecule has 2 fully saturated rings. The maximum Gasteiger partial charge on any atom is 0.410 e. The zero-order valence-electron chi connectivity index (χ0n) is 7.45. The van der Waals surface area contributed by atoms with E-state index in [2.05, 4.69) is 0 Å². The monoisotopic (exact) mass is 169 g/mol. The van der Waals surface area contributed by atoms with Crippen LogP contribution in [-0.4, -0.2) is 29.7 Å². The van der Waals surface area contributed by atoms with Crippen molar-refractivity contribution in [2.45, 2.75) is 44.7 Å². The largest absolute Gasteiger partial charge is 0.450 e. The first-order valence-corrected chi connectivity index (χ1v) is 4.79. The highest BCUT2D eigenvalue weighted by Gasteiger charge is 2.52. The van der Waals surface area contributed by atoms with Gasteiger partial charge in [-0.2, -0.15) is 0 Å². The zero-order valence-corrected chi connectivity index (χ0v) is 7.45. The highest BCUT2D eigenvalue weighted by atomic mass is 16.6. The Bertz CT molecular complexity index is 181. The Morgan fingerprint density at radius 3 is 2.50 bits per heavy atom. The Hall–Kier alpha value is -0.730. The lowest BCUT2D eigenvalue weighted by Gasteiger charge is -2.02. The molecule has 1 amide bonds. The number of hydrogen-bond acceptors (Lipinski definition) is 2. The van der Waals surface area contributed by atoms with E-state index in [1.165, 1.54) is 25.7 Å². The summed E-state index contributed by atoms with van der Waals surface area (Å²) in [5, 5.41) is 0. The fourth-order valence-electron chi connectivity index (χ4n) is 2.17. The molecule has 3 nitrogen and oxygen atoms in total. The minimum Gasteiger partial charge on any atom is -0.450 e. The normalized spacial score (nSPS) is 32.6. The lowest BCUT2D eigenvalue weighted by atomic mass is 10.0. The number of fused-ring (bicyclic) bond motifs is 1. The van der Waals surface area contributed by atoms with Crippen LogP contribution in [0.4, 0.5) is 4.79 Å². The van der Waals surface area contributed by atoms with E-state index in [-0.39, 0.29) is 6.09 Å². The van der Waals surface area contributed by atoms with Crippen LogP contribution in [0.25, 0.3) is 0 Å². The zero-order chi connectivity index (χ0) is 8.55. The molecule has 12 heavy (non-hydrogen) atoms. The summed E-state index contributed by atoms with van der Waals surface area (Å²) in [6.07, 6.45) is 4.82. The van der Waals surface area contributed by atoms with E-state index < -0.39 is 0 Å². The van der Waals surface area contributed by atoms with Gasteiger partial charge < -0.3 is 4.74 Å². The van der Waals surface area contributed by atoms with Crippen LogP contribution in [0.5, 0.6) is 0 Å². The number of likely N-dealkylation sites (tertiary alicyclic amines) is 1. The van der Waals surface area contributed by atoms with Crippen LogP contribution >= 0.6 is 0 Å². The summed E-state index contributed by atoms with van der Waals surface area (Å²) < 4.78 is 4.94. The molecule has 0 spiro atoms. The van der Waals surface area contributed by atoms with Gasteiger partial charge in [-0.3, -0.25) is 4.90 Å². The summed E-state index contributed by atoms with van der Waals surface area (Å²) in [4.78, 5) is 13.2. The van der Waals surface area contributed by atoms with Crippen LogP contribution in [0.2, 0.25) is 0 Å². The molecule has 68 valence electrons. The van der Waals surface area contributed by atoms with Crippen LogP contribution < -0.4 is 0 Å². The highest BCUT2D eigenvalue weighted by molar-refractivity contribution is 5.72. The fraction of sp³-hybridized carbons (Fsp3) is 0.889. The van der Waals surface area contributed by atoms with E-state index in [1.54, 1.807) is 0 Å². The van der Waals surface area contributed by atoms with Gasteiger partial charge in [0.05, 0.1) is 18.7 Å². The van der Waals surface area contributed by atoms with Crippen molar-refractivity contribution in [1.29, 1.82) is 0 Å². The van der Waals surface area contributed by atoms with Crippen molar-refractivity contribution in [3.63, 3.8) is 0 Å². The van der Waals surface area contributed by atoms with Crippen molar-refractivity contribution in [3.05, 3.63) is 0 Å². The minimum absolute atomic E-state index is 0.102. The average Bonchev–Trinajstić information content (AvgIpc) is 2.78.